The first-order chi connectivity index (χ1) is 14.2. The first-order valence-electron chi connectivity index (χ1n) is 10.1. The molecule has 0 radical (unpaired) electrons. The largest absolute Gasteiger partial charge is 0.354 e. The number of nitrogens with one attached hydrogen (secondary N) is 3. The lowest BCUT2D eigenvalue weighted by Crippen LogP contribution is -2.39. The predicted octanol–water partition coefficient (Wildman–Crippen LogP) is 3.38. The van der Waals surface area contributed by atoms with Gasteiger partial charge in [0, 0.05) is 31.1 Å². The van der Waals surface area contributed by atoms with Crippen molar-refractivity contribution in [3.8, 4) is 0 Å². The second-order valence-electron chi connectivity index (χ2n) is 7.33. The Morgan fingerprint density at radius 2 is 1.70 bits per heavy atom. The molecular weight excluding hydrogens is 398 g/mol. The van der Waals surface area contributed by atoms with Gasteiger partial charge >= 0.3 is 0 Å². The molecule has 0 aromatic heterocycles. The summed E-state index contributed by atoms with van der Waals surface area (Å²) in [5.41, 5.74) is 3.20. The maximum absolute atomic E-state index is 12.4. The van der Waals surface area contributed by atoms with Gasteiger partial charge in [-0.05, 0) is 47.0 Å². The number of hydrogen-bond acceptors (Lipinski definition) is 3. The number of carbonyl (C=O) groups excluding carboxylic acids is 2. The van der Waals surface area contributed by atoms with Gasteiger partial charge in [-0.2, -0.15) is 0 Å². The van der Waals surface area contributed by atoms with Crippen molar-refractivity contribution in [3.63, 3.8) is 0 Å². The lowest BCUT2D eigenvalue weighted by molar-refractivity contribution is -0.121. The Morgan fingerprint density at radius 1 is 0.933 bits per heavy atom. The van der Waals surface area contributed by atoms with Gasteiger partial charge in [-0.1, -0.05) is 54.6 Å². The lowest BCUT2D eigenvalue weighted by atomic mass is 9.94. The van der Waals surface area contributed by atoms with E-state index in [1.165, 1.54) is 11.1 Å². The first-order valence-corrected chi connectivity index (χ1v) is 10.1. The third kappa shape index (κ3) is 5.17. The Morgan fingerprint density at radius 3 is 2.57 bits per heavy atom. The number of rotatable bonds is 6. The van der Waals surface area contributed by atoms with Crippen LogP contribution in [0, 0.1) is 0 Å². The Balaban J connectivity index is 0.00000256. The highest BCUT2D eigenvalue weighted by Gasteiger charge is 2.19. The minimum absolute atomic E-state index is 0. The summed E-state index contributed by atoms with van der Waals surface area (Å²) < 4.78 is 0. The van der Waals surface area contributed by atoms with E-state index in [1.807, 2.05) is 48.5 Å². The number of hydrogen-bond donors (Lipinski definition) is 3. The maximum Gasteiger partial charge on any atom is 0.251 e. The van der Waals surface area contributed by atoms with Crippen molar-refractivity contribution in [2.75, 3.05) is 19.6 Å². The van der Waals surface area contributed by atoms with Crippen molar-refractivity contribution < 1.29 is 9.59 Å². The highest BCUT2D eigenvalue weighted by Crippen LogP contribution is 2.21. The monoisotopic (exact) mass is 423 g/mol. The molecule has 3 aromatic rings. The van der Waals surface area contributed by atoms with E-state index in [0.717, 1.165) is 23.7 Å². The molecule has 0 saturated heterocycles. The Hall–Kier alpha value is -2.89. The second kappa shape index (κ2) is 10.2. The highest BCUT2D eigenvalue weighted by molar-refractivity contribution is 5.98. The highest BCUT2D eigenvalue weighted by atomic mass is 35.5. The van der Waals surface area contributed by atoms with Crippen molar-refractivity contribution in [1.82, 2.24) is 16.0 Å². The molecule has 5 nitrogen and oxygen atoms in total. The van der Waals surface area contributed by atoms with Gasteiger partial charge in [0.1, 0.15) is 0 Å². The fourth-order valence-electron chi connectivity index (χ4n) is 3.80. The molecule has 30 heavy (non-hydrogen) atoms. The zero-order chi connectivity index (χ0) is 20.1. The van der Waals surface area contributed by atoms with Crippen LogP contribution in [0.5, 0.6) is 0 Å². The molecular formula is C24H26ClN3O2. The van der Waals surface area contributed by atoms with Gasteiger partial charge in [0.05, 0.1) is 0 Å². The summed E-state index contributed by atoms with van der Waals surface area (Å²) in [6.45, 7) is 1.78. The van der Waals surface area contributed by atoms with Gasteiger partial charge in [0.2, 0.25) is 5.91 Å². The Labute approximate surface area is 182 Å². The summed E-state index contributed by atoms with van der Waals surface area (Å²) in [5.74, 6) is -0.222. The number of benzene rings is 3. The third-order valence-corrected chi connectivity index (χ3v) is 5.37. The van der Waals surface area contributed by atoms with E-state index in [9.17, 15) is 9.59 Å². The molecule has 1 atom stereocenters. The number of carbonyl (C=O) groups is 2. The third-order valence-electron chi connectivity index (χ3n) is 5.37. The lowest BCUT2D eigenvalue weighted by Gasteiger charge is -2.27. The van der Waals surface area contributed by atoms with Crippen LogP contribution in [0.2, 0.25) is 0 Å². The molecule has 0 spiro atoms. The normalized spacial score (nSPS) is 15.0. The molecule has 1 heterocycles. The molecule has 0 aliphatic carbocycles. The minimum Gasteiger partial charge on any atom is -0.354 e. The molecule has 4 rings (SSSR count). The summed E-state index contributed by atoms with van der Waals surface area (Å²) in [6, 6.07) is 22.0. The van der Waals surface area contributed by atoms with Crippen LogP contribution >= 0.6 is 12.4 Å². The summed E-state index contributed by atoms with van der Waals surface area (Å²) in [6.07, 6.45) is 1.27. The van der Waals surface area contributed by atoms with E-state index in [-0.39, 0.29) is 36.7 Å². The molecule has 0 saturated carbocycles. The van der Waals surface area contributed by atoms with E-state index < -0.39 is 0 Å². The Kier molecular flexibility index (Phi) is 7.44. The standard InChI is InChI=1S/C24H25N3O2.ClH/c28-23(27-16-22-21-8-4-3-6-18(21)11-13-25-22)12-14-26-24(29)20-10-9-17-5-1-2-7-19(17)15-20;/h1-10,15,22,25H,11-14,16H2,(H,26,29)(H,27,28);1H. The number of fused-ring (bicyclic) bond motifs is 2. The van der Waals surface area contributed by atoms with Gasteiger partial charge in [-0.3, -0.25) is 9.59 Å². The molecule has 0 bridgehead atoms. The van der Waals surface area contributed by atoms with Gasteiger partial charge < -0.3 is 16.0 Å². The number of amides is 2. The summed E-state index contributed by atoms with van der Waals surface area (Å²) in [4.78, 5) is 24.6. The summed E-state index contributed by atoms with van der Waals surface area (Å²) in [7, 11) is 0. The predicted molar refractivity (Wildman–Crippen MR) is 122 cm³/mol. The Bertz CT molecular complexity index is 1040. The van der Waals surface area contributed by atoms with Crippen molar-refractivity contribution in [2.45, 2.75) is 18.9 Å². The van der Waals surface area contributed by atoms with Crippen LogP contribution in [-0.2, 0) is 11.2 Å². The van der Waals surface area contributed by atoms with Crippen molar-refractivity contribution in [3.05, 3.63) is 83.4 Å². The second-order valence-corrected chi connectivity index (χ2v) is 7.33. The molecule has 3 N–H and O–H groups in total. The van der Waals surface area contributed by atoms with Gasteiger partial charge in [-0.15, -0.1) is 12.4 Å². The molecule has 1 aliphatic heterocycles. The average Bonchev–Trinajstić information content (AvgIpc) is 2.77. The SMILES string of the molecule is Cl.O=C(CCNC(=O)c1ccc2ccccc2c1)NCC1NCCc2ccccc21. The minimum atomic E-state index is -0.161. The van der Waals surface area contributed by atoms with Crippen LogP contribution in [0.15, 0.2) is 66.7 Å². The topological polar surface area (TPSA) is 70.2 Å². The molecule has 0 fully saturated rings. The molecule has 2 amide bonds. The quantitative estimate of drug-likeness (QED) is 0.569. The summed E-state index contributed by atoms with van der Waals surface area (Å²) >= 11 is 0. The van der Waals surface area contributed by atoms with Gasteiger partial charge in [0.15, 0.2) is 0 Å². The maximum atomic E-state index is 12.4. The smallest absolute Gasteiger partial charge is 0.251 e. The van der Waals surface area contributed by atoms with E-state index >= 15 is 0 Å². The average molecular weight is 424 g/mol. The first kappa shape index (κ1) is 21.8. The van der Waals surface area contributed by atoms with E-state index in [1.54, 1.807) is 0 Å². The van der Waals surface area contributed by atoms with Gasteiger partial charge in [-0.25, -0.2) is 0 Å². The molecule has 6 heteroatoms. The van der Waals surface area contributed by atoms with Gasteiger partial charge in [0.25, 0.3) is 5.91 Å². The van der Waals surface area contributed by atoms with Crippen molar-refractivity contribution in [2.24, 2.45) is 0 Å². The van der Waals surface area contributed by atoms with Crippen LogP contribution in [0.3, 0.4) is 0 Å². The zero-order valence-electron chi connectivity index (χ0n) is 16.7. The molecule has 3 aromatic carbocycles. The van der Waals surface area contributed by atoms with Crippen LogP contribution in [0.25, 0.3) is 10.8 Å². The molecule has 1 aliphatic rings. The van der Waals surface area contributed by atoms with Crippen LogP contribution < -0.4 is 16.0 Å². The van der Waals surface area contributed by atoms with Crippen molar-refractivity contribution >= 4 is 35.0 Å². The van der Waals surface area contributed by atoms with E-state index in [4.69, 9.17) is 0 Å². The van der Waals surface area contributed by atoms with E-state index in [0.29, 0.717) is 18.7 Å². The van der Waals surface area contributed by atoms with E-state index in [2.05, 4.69) is 34.1 Å². The van der Waals surface area contributed by atoms with Crippen LogP contribution in [0.4, 0.5) is 0 Å². The van der Waals surface area contributed by atoms with Crippen LogP contribution in [0.1, 0.15) is 33.9 Å². The summed E-state index contributed by atoms with van der Waals surface area (Å²) in [5, 5.41) is 11.4. The van der Waals surface area contributed by atoms with Crippen molar-refractivity contribution in [1.29, 1.82) is 0 Å². The van der Waals surface area contributed by atoms with Crippen LogP contribution in [-0.4, -0.2) is 31.4 Å². The molecule has 156 valence electrons. The fourth-order valence-corrected chi connectivity index (χ4v) is 3.80. The fraction of sp³-hybridized carbons (Fsp3) is 0.250. The zero-order valence-corrected chi connectivity index (χ0v) is 17.5. The molecule has 1 unspecified atom stereocenters. The number of halogens is 1.